The second-order valence-corrected chi connectivity index (χ2v) is 10.7. The minimum atomic E-state index is -0.286. The highest BCUT2D eigenvalue weighted by atomic mass is 19.1. The number of nitrogens with zero attached hydrogens (tertiary/aromatic N) is 1. The van der Waals surface area contributed by atoms with Gasteiger partial charge in [0.05, 0.1) is 6.20 Å². The third kappa shape index (κ3) is 4.96. The number of benzene rings is 2. The van der Waals surface area contributed by atoms with E-state index in [1.165, 1.54) is 30.2 Å². The molecule has 1 fully saturated rings. The highest BCUT2D eigenvalue weighted by Gasteiger charge is 2.38. The Morgan fingerprint density at radius 1 is 1.11 bits per heavy atom. The molecule has 4 heteroatoms. The van der Waals surface area contributed by atoms with Crippen LogP contribution in [0.3, 0.4) is 0 Å². The van der Waals surface area contributed by atoms with Gasteiger partial charge >= 0.3 is 0 Å². The van der Waals surface area contributed by atoms with E-state index in [0.717, 1.165) is 53.8 Å². The number of halogens is 1. The maximum absolute atomic E-state index is 14.7. The summed E-state index contributed by atoms with van der Waals surface area (Å²) in [5, 5.41) is 0. The van der Waals surface area contributed by atoms with Gasteiger partial charge in [-0.3, -0.25) is 9.78 Å². The number of ether oxygens (including phenoxy) is 1. The number of Topliss-reactive ketones (excluding diaryl/α,β-unsaturated/α-hetero) is 1. The molecule has 1 aromatic heterocycles. The monoisotopic (exact) mass is 485 g/mol. The van der Waals surface area contributed by atoms with Crippen LogP contribution < -0.4 is 4.74 Å². The number of pyridine rings is 1. The lowest BCUT2D eigenvalue weighted by molar-refractivity contribution is -0.121. The fourth-order valence-corrected chi connectivity index (χ4v) is 5.81. The standard InChI is InChI=1S/C32H36FNO2/c1-5-6-24-16-25(11-13-27(24)28-15-19(2)34-18-29(28)33)30-14-12-22-7-10-26(17-31(22)36-30)32(23-8-9-23)20(3)21(4)35/h7,10-11,13,15-18,20,23,30,32H,5-6,8-9,12,14H2,1-4H3/t20-,30?,32+/m1/s1. The van der Waals surface area contributed by atoms with Gasteiger partial charge in [-0.2, -0.15) is 0 Å². The molecule has 2 aromatic carbocycles. The summed E-state index contributed by atoms with van der Waals surface area (Å²) < 4.78 is 21.3. The average molecular weight is 486 g/mol. The van der Waals surface area contributed by atoms with Crippen LogP contribution in [0.4, 0.5) is 4.39 Å². The summed E-state index contributed by atoms with van der Waals surface area (Å²) in [6.07, 6.45) is 7.41. The van der Waals surface area contributed by atoms with Gasteiger partial charge in [-0.15, -0.1) is 0 Å². The van der Waals surface area contributed by atoms with Crippen molar-refractivity contribution in [1.29, 1.82) is 0 Å². The Hall–Kier alpha value is -3.01. The summed E-state index contributed by atoms with van der Waals surface area (Å²) >= 11 is 0. The molecule has 5 rings (SSSR count). The number of hydrogen-bond acceptors (Lipinski definition) is 3. The highest BCUT2D eigenvalue weighted by molar-refractivity contribution is 5.79. The number of rotatable bonds is 8. The Morgan fingerprint density at radius 2 is 1.92 bits per heavy atom. The first kappa shape index (κ1) is 24.7. The summed E-state index contributed by atoms with van der Waals surface area (Å²) in [5.41, 5.74) is 7.11. The predicted octanol–water partition coefficient (Wildman–Crippen LogP) is 7.93. The average Bonchev–Trinajstić information content (AvgIpc) is 3.70. The van der Waals surface area contributed by atoms with Crippen molar-refractivity contribution in [3.05, 3.63) is 82.4 Å². The Bertz CT molecular complexity index is 1280. The number of fused-ring (bicyclic) bond motifs is 1. The van der Waals surface area contributed by atoms with Crippen LogP contribution in [0, 0.1) is 24.6 Å². The van der Waals surface area contributed by atoms with E-state index in [0.29, 0.717) is 11.5 Å². The number of carbonyl (C=O) groups excluding carboxylic acids is 1. The Labute approximate surface area is 214 Å². The minimum Gasteiger partial charge on any atom is -0.485 e. The highest BCUT2D eigenvalue weighted by Crippen LogP contribution is 2.48. The fourth-order valence-electron chi connectivity index (χ4n) is 5.81. The zero-order chi connectivity index (χ0) is 25.4. The molecule has 0 bridgehead atoms. The van der Waals surface area contributed by atoms with Crippen molar-refractivity contribution in [2.24, 2.45) is 11.8 Å². The summed E-state index contributed by atoms with van der Waals surface area (Å²) in [4.78, 5) is 16.3. The predicted molar refractivity (Wildman–Crippen MR) is 142 cm³/mol. The summed E-state index contributed by atoms with van der Waals surface area (Å²) in [5.74, 6) is 1.81. The zero-order valence-electron chi connectivity index (χ0n) is 21.8. The van der Waals surface area contributed by atoms with Gasteiger partial charge in [0.1, 0.15) is 23.5 Å². The van der Waals surface area contributed by atoms with E-state index in [2.05, 4.69) is 49.2 Å². The molecule has 3 nitrogen and oxygen atoms in total. The topological polar surface area (TPSA) is 39.2 Å². The van der Waals surface area contributed by atoms with Crippen LogP contribution in [0.1, 0.15) is 86.4 Å². The molecule has 3 atom stereocenters. The molecule has 188 valence electrons. The minimum absolute atomic E-state index is 0.0244. The quantitative estimate of drug-likeness (QED) is 0.325. The van der Waals surface area contributed by atoms with Crippen molar-refractivity contribution < 1.29 is 13.9 Å². The van der Waals surface area contributed by atoms with E-state index < -0.39 is 0 Å². The van der Waals surface area contributed by atoms with Crippen LogP contribution in [-0.4, -0.2) is 10.8 Å². The molecule has 0 spiro atoms. The summed E-state index contributed by atoms with van der Waals surface area (Å²) in [7, 11) is 0. The third-order valence-electron chi connectivity index (χ3n) is 8.03. The van der Waals surface area contributed by atoms with Crippen molar-refractivity contribution in [3.8, 4) is 16.9 Å². The van der Waals surface area contributed by atoms with E-state index in [-0.39, 0.29) is 29.5 Å². The molecule has 1 unspecified atom stereocenters. The lowest BCUT2D eigenvalue weighted by atomic mass is 9.80. The van der Waals surface area contributed by atoms with Crippen molar-refractivity contribution >= 4 is 5.78 Å². The summed E-state index contributed by atoms with van der Waals surface area (Å²) in [6, 6.07) is 14.8. The van der Waals surface area contributed by atoms with Gasteiger partial charge in [0, 0.05) is 17.2 Å². The van der Waals surface area contributed by atoms with Crippen LogP contribution >= 0.6 is 0 Å². The molecular formula is C32H36FNO2. The normalized spacial score (nSPS) is 18.8. The molecule has 0 radical (unpaired) electrons. The van der Waals surface area contributed by atoms with E-state index in [4.69, 9.17) is 4.74 Å². The van der Waals surface area contributed by atoms with Crippen molar-refractivity contribution in [1.82, 2.24) is 4.98 Å². The van der Waals surface area contributed by atoms with Crippen LogP contribution in [0.2, 0.25) is 0 Å². The maximum Gasteiger partial charge on any atom is 0.149 e. The molecule has 1 aliphatic heterocycles. The van der Waals surface area contributed by atoms with Gasteiger partial charge in [-0.1, -0.05) is 50.6 Å². The van der Waals surface area contributed by atoms with Gasteiger partial charge in [0.15, 0.2) is 0 Å². The van der Waals surface area contributed by atoms with Crippen LogP contribution in [0.5, 0.6) is 5.75 Å². The molecular weight excluding hydrogens is 449 g/mol. The van der Waals surface area contributed by atoms with Gasteiger partial charge in [-0.25, -0.2) is 4.39 Å². The molecule has 3 aromatic rings. The van der Waals surface area contributed by atoms with Crippen molar-refractivity contribution in [2.75, 3.05) is 0 Å². The molecule has 2 heterocycles. The Kier molecular flexibility index (Phi) is 6.96. The molecule has 1 saturated carbocycles. The van der Waals surface area contributed by atoms with Gasteiger partial charge in [-0.05, 0) is 97.7 Å². The van der Waals surface area contributed by atoms with Gasteiger partial charge < -0.3 is 4.74 Å². The second-order valence-electron chi connectivity index (χ2n) is 10.7. The first-order valence-corrected chi connectivity index (χ1v) is 13.4. The molecule has 1 aliphatic carbocycles. The Balaban J connectivity index is 1.44. The molecule has 0 saturated heterocycles. The Morgan fingerprint density at radius 3 is 2.64 bits per heavy atom. The van der Waals surface area contributed by atoms with Crippen molar-refractivity contribution in [2.45, 2.75) is 78.2 Å². The van der Waals surface area contributed by atoms with Gasteiger partial charge in [0.25, 0.3) is 0 Å². The van der Waals surface area contributed by atoms with Gasteiger partial charge in [0.2, 0.25) is 0 Å². The van der Waals surface area contributed by atoms with E-state index >= 15 is 0 Å². The molecule has 36 heavy (non-hydrogen) atoms. The van der Waals surface area contributed by atoms with E-state index in [9.17, 15) is 9.18 Å². The number of aryl methyl sites for hydroxylation is 3. The van der Waals surface area contributed by atoms with E-state index in [1.807, 2.05) is 19.1 Å². The maximum atomic E-state index is 14.7. The number of carbonyl (C=O) groups is 1. The second kappa shape index (κ2) is 10.2. The third-order valence-corrected chi connectivity index (χ3v) is 8.03. The lowest BCUT2D eigenvalue weighted by Gasteiger charge is -2.29. The number of hydrogen-bond donors (Lipinski definition) is 0. The number of aromatic nitrogens is 1. The van der Waals surface area contributed by atoms with E-state index in [1.54, 1.807) is 6.92 Å². The van der Waals surface area contributed by atoms with Crippen LogP contribution in [0.15, 0.2) is 48.7 Å². The first-order valence-electron chi connectivity index (χ1n) is 13.4. The lowest BCUT2D eigenvalue weighted by Crippen LogP contribution is -2.20. The van der Waals surface area contributed by atoms with Crippen LogP contribution in [-0.2, 0) is 17.6 Å². The molecule has 2 aliphatic rings. The largest absolute Gasteiger partial charge is 0.485 e. The SMILES string of the molecule is CCCc1cc(C2CCc3ccc([C@H](C4CC4)[C@H](C)C(C)=O)cc3O2)ccc1-c1cc(C)ncc1F. The number of ketones is 1. The molecule has 0 amide bonds. The smallest absolute Gasteiger partial charge is 0.149 e. The van der Waals surface area contributed by atoms with Crippen molar-refractivity contribution in [3.63, 3.8) is 0 Å². The summed E-state index contributed by atoms with van der Waals surface area (Å²) in [6.45, 7) is 7.82. The first-order chi connectivity index (χ1) is 17.4. The fraction of sp³-hybridized carbons (Fsp3) is 0.438. The molecule has 0 N–H and O–H groups in total. The van der Waals surface area contributed by atoms with Crippen LogP contribution in [0.25, 0.3) is 11.1 Å². The zero-order valence-corrected chi connectivity index (χ0v) is 21.8.